The zero-order valence-electron chi connectivity index (χ0n) is 10.6. The third-order valence-corrected chi connectivity index (χ3v) is 2.96. The number of halogens is 1. The Morgan fingerprint density at radius 3 is 2.74 bits per heavy atom. The second-order valence-electron chi connectivity index (χ2n) is 4.27. The number of benzene rings is 1. The van der Waals surface area contributed by atoms with Crippen LogP contribution in [0.15, 0.2) is 30.3 Å². The lowest BCUT2D eigenvalue weighted by atomic mass is 10.1. The Hall–Kier alpha value is -2.43. The summed E-state index contributed by atoms with van der Waals surface area (Å²) < 4.78 is 18.3. The molecule has 0 saturated heterocycles. The Kier molecular flexibility index (Phi) is 2.67. The summed E-state index contributed by atoms with van der Waals surface area (Å²) >= 11 is 0. The normalized spacial score (nSPS) is 10.9. The smallest absolute Gasteiger partial charge is 0.215 e. The Morgan fingerprint density at radius 2 is 2.00 bits per heavy atom. The van der Waals surface area contributed by atoms with Crippen LogP contribution in [0.4, 0.5) is 4.39 Å². The third kappa shape index (κ3) is 2.03. The molecular formula is C14H12FN3O. The van der Waals surface area contributed by atoms with Crippen LogP contribution in [0.3, 0.4) is 0 Å². The van der Waals surface area contributed by atoms with Gasteiger partial charge in [-0.25, -0.2) is 9.37 Å². The SMILES string of the molecule is COc1ccc2[nH]c(-c3ccc(F)c(C)c3)nc2n1. The molecule has 1 N–H and O–H groups in total. The Balaban J connectivity index is 2.11. The molecule has 0 amide bonds. The zero-order chi connectivity index (χ0) is 13.4. The topological polar surface area (TPSA) is 50.8 Å². The lowest BCUT2D eigenvalue weighted by Gasteiger charge is -1.99. The molecule has 0 saturated carbocycles. The number of imidazole rings is 1. The molecule has 3 aromatic rings. The van der Waals surface area contributed by atoms with Crippen LogP contribution < -0.4 is 4.74 Å². The predicted molar refractivity (Wildman–Crippen MR) is 70.6 cm³/mol. The first kappa shape index (κ1) is 11.6. The van der Waals surface area contributed by atoms with Gasteiger partial charge < -0.3 is 9.72 Å². The minimum atomic E-state index is -0.223. The van der Waals surface area contributed by atoms with Gasteiger partial charge in [-0.2, -0.15) is 4.98 Å². The maximum Gasteiger partial charge on any atom is 0.215 e. The monoisotopic (exact) mass is 257 g/mol. The molecule has 96 valence electrons. The molecule has 5 heteroatoms. The average molecular weight is 257 g/mol. The van der Waals surface area contributed by atoms with Crippen LogP contribution in [-0.4, -0.2) is 22.1 Å². The molecule has 0 atom stereocenters. The summed E-state index contributed by atoms with van der Waals surface area (Å²) in [5, 5.41) is 0. The van der Waals surface area contributed by atoms with Gasteiger partial charge in [-0.3, -0.25) is 0 Å². The van der Waals surface area contributed by atoms with E-state index in [0.717, 1.165) is 11.1 Å². The highest BCUT2D eigenvalue weighted by molar-refractivity contribution is 5.76. The van der Waals surface area contributed by atoms with Crippen LogP contribution in [0.25, 0.3) is 22.6 Å². The van der Waals surface area contributed by atoms with Gasteiger partial charge in [0, 0.05) is 11.6 Å². The summed E-state index contributed by atoms with van der Waals surface area (Å²) in [6, 6.07) is 8.50. The van der Waals surface area contributed by atoms with Gasteiger partial charge in [0.25, 0.3) is 0 Å². The minimum Gasteiger partial charge on any atom is -0.481 e. The molecule has 1 aromatic carbocycles. The van der Waals surface area contributed by atoms with Crippen molar-refractivity contribution >= 4 is 11.2 Å². The highest BCUT2D eigenvalue weighted by atomic mass is 19.1. The molecule has 19 heavy (non-hydrogen) atoms. The van der Waals surface area contributed by atoms with Gasteiger partial charge >= 0.3 is 0 Å². The van der Waals surface area contributed by atoms with Crippen LogP contribution in [0.2, 0.25) is 0 Å². The predicted octanol–water partition coefficient (Wildman–Crippen LogP) is 3.08. The Morgan fingerprint density at radius 1 is 1.16 bits per heavy atom. The fourth-order valence-electron chi connectivity index (χ4n) is 1.92. The lowest BCUT2D eigenvalue weighted by molar-refractivity contribution is 0.399. The van der Waals surface area contributed by atoms with E-state index in [-0.39, 0.29) is 5.82 Å². The lowest BCUT2D eigenvalue weighted by Crippen LogP contribution is -1.87. The van der Waals surface area contributed by atoms with E-state index in [9.17, 15) is 4.39 Å². The fourth-order valence-corrected chi connectivity index (χ4v) is 1.92. The number of pyridine rings is 1. The van der Waals surface area contributed by atoms with E-state index in [4.69, 9.17) is 4.74 Å². The van der Waals surface area contributed by atoms with E-state index >= 15 is 0 Å². The first-order chi connectivity index (χ1) is 9.17. The van der Waals surface area contributed by atoms with Crippen molar-refractivity contribution in [3.63, 3.8) is 0 Å². The summed E-state index contributed by atoms with van der Waals surface area (Å²) in [4.78, 5) is 11.8. The second kappa shape index (κ2) is 4.35. The van der Waals surface area contributed by atoms with Gasteiger partial charge in [-0.05, 0) is 36.8 Å². The van der Waals surface area contributed by atoms with Crippen molar-refractivity contribution in [2.45, 2.75) is 6.92 Å². The molecule has 0 radical (unpaired) electrons. The number of fused-ring (bicyclic) bond motifs is 1. The van der Waals surface area contributed by atoms with Gasteiger partial charge in [-0.1, -0.05) is 0 Å². The van der Waals surface area contributed by atoms with Gasteiger partial charge in [0.05, 0.1) is 12.6 Å². The van der Waals surface area contributed by atoms with Gasteiger partial charge in [0.15, 0.2) is 5.65 Å². The molecule has 0 aliphatic heterocycles. The van der Waals surface area contributed by atoms with Crippen LogP contribution in [0.1, 0.15) is 5.56 Å². The number of aryl methyl sites for hydroxylation is 1. The van der Waals surface area contributed by atoms with E-state index in [1.165, 1.54) is 6.07 Å². The van der Waals surface area contributed by atoms with Gasteiger partial charge in [0.1, 0.15) is 11.6 Å². The summed E-state index contributed by atoms with van der Waals surface area (Å²) in [6.45, 7) is 1.72. The van der Waals surface area contributed by atoms with Crippen molar-refractivity contribution in [3.05, 3.63) is 41.7 Å². The average Bonchev–Trinajstić information content (AvgIpc) is 2.84. The van der Waals surface area contributed by atoms with Crippen LogP contribution in [-0.2, 0) is 0 Å². The quantitative estimate of drug-likeness (QED) is 0.767. The van der Waals surface area contributed by atoms with Crippen molar-refractivity contribution in [1.29, 1.82) is 0 Å². The van der Waals surface area contributed by atoms with Crippen molar-refractivity contribution in [2.75, 3.05) is 7.11 Å². The van der Waals surface area contributed by atoms with Crippen molar-refractivity contribution in [2.24, 2.45) is 0 Å². The number of ether oxygens (including phenoxy) is 1. The largest absolute Gasteiger partial charge is 0.481 e. The Bertz CT molecular complexity index is 752. The number of rotatable bonds is 2. The van der Waals surface area contributed by atoms with Crippen molar-refractivity contribution in [3.8, 4) is 17.3 Å². The second-order valence-corrected chi connectivity index (χ2v) is 4.27. The molecule has 0 fully saturated rings. The number of H-pyrrole nitrogens is 1. The molecule has 0 bridgehead atoms. The van der Waals surface area contributed by atoms with E-state index in [1.54, 1.807) is 32.2 Å². The van der Waals surface area contributed by atoms with Gasteiger partial charge in [-0.15, -0.1) is 0 Å². The summed E-state index contributed by atoms with van der Waals surface area (Å²) in [7, 11) is 1.56. The van der Waals surface area contributed by atoms with E-state index in [1.807, 2.05) is 6.07 Å². The molecule has 0 unspecified atom stereocenters. The Labute approximate surface area is 109 Å². The van der Waals surface area contributed by atoms with E-state index < -0.39 is 0 Å². The maximum absolute atomic E-state index is 13.3. The molecule has 0 aliphatic rings. The standard InChI is InChI=1S/C14H12FN3O/c1-8-7-9(3-4-10(8)15)13-16-11-5-6-12(19-2)17-14(11)18-13/h3-7H,1-2H3,(H,16,17,18). The molecule has 0 aliphatic carbocycles. The first-order valence-electron chi connectivity index (χ1n) is 5.84. The van der Waals surface area contributed by atoms with Crippen molar-refractivity contribution < 1.29 is 9.13 Å². The van der Waals surface area contributed by atoms with E-state index in [2.05, 4.69) is 15.0 Å². The third-order valence-electron chi connectivity index (χ3n) is 2.96. The number of hydrogen-bond acceptors (Lipinski definition) is 3. The molecule has 2 heterocycles. The minimum absolute atomic E-state index is 0.223. The van der Waals surface area contributed by atoms with E-state index in [0.29, 0.717) is 22.9 Å². The van der Waals surface area contributed by atoms with Crippen LogP contribution in [0, 0.1) is 12.7 Å². The van der Waals surface area contributed by atoms with Crippen LogP contribution in [0.5, 0.6) is 5.88 Å². The molecule has 3 rings (SSSR count). The number of methoxy groups -OCH3 is 1. The molecule has 4 nitrogen and oxygen atoms in total. The fraction of sp³-hybridized carbons (Fsp3) is 0.143. The molecular weight excluding hydrogens is 245 g/mol. The van der Waals surface area contributed by atoms with Crippen LogP contribution >= 0.6 is 0 Å². The summed E-state index contributed by atoms with van der Waals surface area (Å²) in [5.74, 6) is 0.958. The number of aromatic amines is 1. The summed E-state index contributed by atoms with van der Waals surface area (Å²) in [5.41, 5.74) is 2.81. The highest BCUT2D eigenvalue weighted by Gasteiger charge is 2.08. The molecule has 2 aromatic heterocycles. The number of hydrogen-bond donors (Lipinski definition) is 1. The number of nitrogens with one attached hydrogen (secondary N) is 1. The maximum atomic E-state index is 13.3. The zero-order valence-corrected chi connectivity index (χ0v) is 10.6. The number of nitrogens with zero attached hydrogens (tertiary/aromatic N) is 2. The van der Waals surface area contributed by atoms with Crippen molar-refractivity contribution in [1.82, 2.24) is 15.0 Å². The summed E-state index contributed by atoms with van der Waals surface area (Å²) in [6.07, 6.45) is 0. The number of aromatic nitrogens is 3. The first-order valence-corrected chi connectivity index (χ1v) is 5.84. The molecule has 0 spiro atoms. The van der Waals surface area contributed by atoms with Gasteiger partial charge in [0.2, 0.25) is 5.88 Å². The highest BCUT2D eigenvalue weighted by Crippen LogP contribution is 2.22.